The van der Waals surface area contributed by atoms with Crippen molar-refractivity contribution in [2.75, 3.05) is 4.90 Å². The highest BCUT2D eigenvalue weighted by atomic mass is 16.5. The van der Waals surface area contributed by atoms with Crippen LogP contribution in [-0.2, 0) is 4.79 Å². The molecule has 0 spiro atoms. The van der Waals surface area contributed by atoms with E-state index in [2.05, 4.69) is 10.1 Å². The Hall–Kier alpha value is -2.63. The number of nitrogens with two attached hydrogens (primary N) is 1. The number of aliphatic imine (C=N–C) groups is 1. The maximum atomic E-state index is 11.1. The van der Waals surface area contributed by atoms with E-state index in [1.807, 2.05) is 0 Å². The number of carbonyl (C=O) groups is 1. The Labute approximate surface area is 96.4 Å². The van der Waals surface area contributed by atoms with E-state index in [1.165, 1.54) is 0 Å². The molecule has 0 unspecified atom stereocenters. The second-order valence-corrected chi connectivity index (χ2v) is 3.57. The van der Waals surface area contributed by atoms with Crippen molar-refractivity contribution in [1.29, 1.82) is 0 Å². The molecule has 84 valence electrons. The Balaban J connectivity index is 2.13. The van der Waals surface area contributed by atoms with Gasteiger partial charge >= 0.3 is 0 Å². The summed E-state index contributed by atoms with van der Waals surface area (Å²) in [6.45, 7) is 0. The fraction of sp³-hybridized carbons (Fsp3) is 0. The summed E-state index contributed by atoms with van der Waals surface area (Å²) in [6.07, 6.45) is 9.86. The lowest BCUT2D eigenvalue weighted by molar-refractivity contribution is -0.114. The molecule has 1 amide bonds. The predicted octanol–water partition coefficient (Wildman–Crippen LogP) is 0.694. The quantitative estimate of drug-likeness (QED) is 0.766. The molecule has 0 atom stereocenters. The van der Waals surface area contributed by atoms with Crippen molar-refractivity contribution in [1.82, 2.24) is 5.16 Å². The van der Waals surface area contributed by atoms with Gasteiger partial charge in [0.25, 0.3) is 0 Å². The van der Waals surface area contributed by atoms with Gasteiger partial charge in [-0.25, -0.2) is 0 Å². The van der Waals surface area contributed by atoms with Crippen molar-refractivity contribution in [3.63, 3.8) is 0 Å². The molecule has 3 heterocycles. The highest BCUT2D eigenvalue weighted by Gasteiger charge is 2.22. The topological polar surface area (TPSA) is 84.7 Å². The number of carbonyl (C=O) groups excluding carboxylic acids is 1. The van der Waals surface area contributed by atoms with E-state index in [-0.39, 0.29) is 0 Å². The Morgan fingerprint density at radius 2 is 2.29 bits per heavy atom. The summed E-state index contributed by atoms with van der Waals surface area (Å²) < 4.78 is 5.15. The van der Waals surface area contributed by atoms with Crippen molar-refractivity contribution in [2.24, 2.45) is 10.7 Å². The monoisotopic (exact) mass is 228 g/mol. The third-order valence-corrected chi connectivity index (χ3v) is 2.48. The van der Waals surface area contributed by atoms with Crippen LogP contribution < -0.4 is 10.6 Å². The minimum absolute atomic E-state index is 0.395. The van der Waals surface area contributed by atoms with Crippen molar-refractivity contribution in [2.45, 2.75) is 0 Å². The van der Waals surface area contributed by atoms with Gasteiger partial charge in [0, 0.05) is 12.4 Å². The normalized spacial score (nSPS) is 16.8. The molecule has 2 aliphatic rings. The highest BCUT2D eigenvalue weighted by Crippen LogP contribution is 2.29. The Kier molecular flexibility index (Phi) is 1.94. The van der Waals surface area contributed by atoms with E-state index in [9.17, 15) is 4.79 Å². The molecular weight excluding hydrogens is 220 g/mol. The van der Waals surface area contributed by atoms with Crippen molar-refractivity contribution < 1.29 is 9.32 Å². The van der Waals surface area contributed by atoms with Gasteiger partial charge in [0.1, 0.15) is 0 Å². The van der Waals surface area contributed by atoms with Gasteiger partial charge in [-0.3, -0.25) is 14.7 Å². The molecule has 17 heavy (non-hydrogen) atoms. The van der Waals surface area contributed by atoms with Crippen LogP contribution in [0.2, 0.25) is 0 Å². The molecule has 1 aromatic heterocycles. The Morgan fingerprint density at radius 3 is 3.12 bits per heavy atom. The van der Waals surface area contributed by atoms with Crippen LogP contribution in [0.3, 0.4) is 0 Å². The van der Waals surface area contributed by atoms with E-state index in [4.69, 9.17) is 10.3 Å². The summed E-state index contributed by atoms with van der Waals surface area (Å²) in [5, 5.41) is 3.70. The first-order chi connectivity index (χ1) is 8.25. The van der Waals surface area contributed by atoms with Crippen LogP contribution in [0.4, 0.5) is 5.88 Å². The standard InChI is InChI=1S/C11H8N4O2/c12-10(16)7-1-2-9-5-13-3-8-4-14-17-11(8)15(9)6-7/h1-6H,(H2,12,16). The second-order valence-electron chi connectivity index (χ2n) is 3.57. The summed E-state index contributed by atoms with van der Waals surface area (Å²) in [6, 6.07) is 0. The summed E-state index contributed by atoms with van der Waals surface area (Å²) in [7, 11) is 0. The maximum Gasteiger partial charge on any atom is 0.250 e. The summed E-state index contributed by atoms with van der Waals surface area (Å²) >= 11 is 0. The number of rotatable bonds is 1. The Bertz CT molecular complexity index is 607. The van der Waals surface area contributed by atoms with Crippen LogP contribution >= 0.6 is 0 Å². The number of hydrogen-bond donors (Lipinski definition) is 1. The Morgan fingerprint density at radius 1 is 1.41 bits per heavy atom. The number of allylic oxidation sites excluding steroid dienone is 1. The molecule has 3 rings (SSSR count). The van der Waals surface area contributed by atoms with Crippen LogP contribution in [0, 0.1) is 0 Å². The molecule has 0 radical (unpaired) electrons. The van der Waals surface area contributed by atoms with E-state index < -0.39 is 5.91 Å². The zero-order valence-electron chi connectivity index (χ0n) is 8.70. The average molecular weight is 228 g/mol. The highest BCUT2D eigenvalue weighted by molar-refractivity contribution is 5.97. The zero-order valence-corrected chi connectivity index (χ0v) is 8.70. The van der Waals surface area contributed by atoms with Crippen LogP contribution in [-0.4, -0.2) is 17.3 Å². The molecule has 0 saturated carbocycles. The third kappa shape index (κ3) is 1.46. The molecule has 0 aliphatic carbocycles. The first-order valence-corrected chi connectivity index (χ1v) is 4.92. The van der Waals surface area contributed by atoms with E-state index in [1.54, 1.807) is 41.9 Å². The first kappa shape index (κ1) is 9.59. The number of anilines is 1. The third-order valence-electron chi connectivity index (χ3n) is 2.48. The van der Waals surface area contributed by atoms with Gasteiger partial charge < -0.3 is 10.3 Å². The van der Waals surface area contributed by atoms with Crippen LogP contribution in [0.1, 0.15) is 5.56 Å². The molecule has 0 bridgehead atoms. The molecular formula is C11H8N4O2. The fourth-order valence-corrected chi connectivity index (χ4v) is 1.65. The van der Waals surface area contributed by atoms with Gasteiger partial charge in [0.2, 0.25) is 11.8 Å². The summed E-state index contributed by atoms with van der Waals surface area (Å²) in [5.41, 5.74) is 7.16. The van der Waals surface area contributed by atoms with Gasteiger partial charge in [-0.1, -0.05) is 5.16 Å². The number of hydrogen-bond acceptors (Lipinski definition) is 5. The fourth-order valence-electron chi connectivity index (χ4n) is 1.65. The van der Waals surface area contributed by atoms with E-state index in [0.29, 0.717) is 11.5 Å². The first-order valence-electron chi connectivity index (χ1n) is 4.92. The maximum absolute atomic E-state index is 11.1. The van der Waals surface area contributed by atoms with Crippen LogP contribution in [0.25, 0.3) is 0 Å². The lowest BCUT2D eigenvalue weighted by Gasteiger charge is -2.21. The van der Waals surface area contributed by atoms with Crippen molar-refractivity contribution >= 4 is 18.0 Å². The lowest BCUT2D eigenvalue weighted by Crippen LogP contribution is -2.22. The van der Waals surface area contributed by atoms with Gasteiger partial charge in [-0.15, -0.1) is 0 Å². The minimum atomic E-state index is -0.494. The van der Waals surface area contributed by atoms with Gasteiger partial charge in [0.05, 0.1) is 29.2 Å². The number of aromatic nitrogens is 1. The molecule has 0 fully saturated rings. The number of primary amides is 1. The smallest absolute Gasteiger partial charge is 0.250 e. The molecule has 2 aliphatic heterocycles. The largest absolute Gasteiger partial charge is 0.366 e. The molecule has 0 saturated heterocycles. The second kappa shape index (κ2) is 3.44. The van der Waals surface area contributed by atoms with Gasteiger partial charge in [-0.2, -0.15) is 0 Å². The van der Waals surface area contributed by atoms with E-state index >= 15 is 0 Å². The van der Waals surface area contributed by atoms with Crippen molar-refractivity contribution in [3.8, 4) is 0 Å². The summed E-state index contributed by atoms with van der Waals surface area (Å²) in [5.74, 6) is 0.0205. The van der Waals surface area contributed by atoms with Crippen LogP contribution in [0.5, 0.6) is 0 Å². The SMILES string of the molecule is NC(=O)C1=CN2C(=CN=Cc3cnoc32)C=C1. The van der Waals surface area contributed by atoms with Crippen LogP contribution in [0.15, 0.2) is 51.5 Å². The predicted molar refractivity (Wildman–Crippen MR) is 61.1 cm³/mol. The number of nitrogens with zero attached hydrogens (tertiary/aromatic N) is 3. The number of amides is 1. The minimum Gasteiger partial charge on any atom is -0.366 e. The molecule has 1 aromatic rings. The number of fused-ring (bicyclic) bond motifs is 3. The lowest BCUT2D eigenvalue weighted by atomic mass is 10.1. The van der Waals surface area contributed by atoms with Crippen molar-refractivity contribution in [3.05, 3.63) is 47.6 Å². The van der Waals surface area contributed by atoms with Gasteiger partial charge in [-0.05, 0) is 12.2 Å². The average Bonchev–Trinajstić information content (AvgIpc) is 2.71. The molecule has 6 heteroatoms. The zero-order chi connectivity index (χ0) is 11.8. The van der Waals surface area contributed by atoms with Gasteiger partial charge in [0.15, 0.2) is 0 Å². The molecule has 6 nitrogen and oxygen atoms in total. The molecule has 0 aromatic carbocycles. The summed E-state index contributed by atoms with van der Waals surface area (Å²) in [4.78, 5) is 16.9. The molecule has 2 N–H and O–H groups in total. The van der Waals surface area contributed by atoms with E-state index in [0.717, 1.165) is 11.3 Å².